The highest BCUT2D eigenvalue weighted by Crippen LogP contribution is 2.01. The maximum absolute atomic E-state index is 5.21. The van der Waals surface area contributed by atoms with Crippen LogP contribution in [0, 0.1) is 0 Å². The summed E-state index contributed by atoms with van der Waals surface area (Å²) in [5.41, 5.74) is 0. The van der Waals surface area contributed by atoms with Crippen LogP contribution in [-0.4, -0.2) is 29.6 Å². The molecule has 66 valence electrons. The van der Waals surface area contributed by atoms with Crippen LogP contribution in [0.15, 0.2) is 0 Å². The molecule has 2 saturated heterocycles. The van der Waals surface area contributed by atoms with Crippen molar-refractivity contribution >= 4 is 9.76 Å². The predicted molar refractivity (Wildman–Crippen MR) is 48.6 cm³/mol. The van der Waals surface area contributed by atoms with Crippen molar-refractivity contribution < 1.29 is 9.16 Å². The molecule has 0 aromatic rings. The summed E-state index contributed by atoms with van der Waals surface area (Å²) in [5.74, 6) is 0. The largest absolute Gasteiger partial charge is 0.424 e. The summed E-state index contributed by atoms with van der Waals surface area (Å²) in [6, 6.07) is 1.42. The molecule has 2 nitrogen and oxygen atoms in total. The maximum atomic E-state index is 5.21. The number of ether oxygens (including phenoxy) is 1. The molecule has 0 N–H and O–H groups in total. The van der Waals surface area contributed by atoms with Crippen molar-refractivity contribution in [3.63, 3.8) is 0 Å². The molecular weight excluding hydrogens is 156 g/mol. The van der Waals surface area contributed by atoms with Gasteiger partial charge in [-0.25, -0.2) is 0 Å². The second kappa shape index (κ2) is 6.82. The van der Waals surface area contributed by atoms with Crippen LogP contribution in [0.2, 0.25) is 6.04 Å². The van der Waals surface area contributed by atoms with Crippen LogP contribution < -0.4 is 0 Å². The Morgan fingerprint density at radius 2 is 1.55 bits per heavy atom. The zero-order chi connectivity index (χ0) is 7.78. The van der Waals surface area contributed by atoms with Gasteiger partial charge < -0.3 is 9.16 Å². The summed E-state index contributed by atoms with van der Waals surface area (Å²) in [6.07, 6.45) is 5.30. The van der Waals surface area contributed by atoms with Crippen LogP contribution in [0.1, 0.15) is 25.7 Å². The molecule has 0 atom stereocenters. The Bertz CT molecular complexity index is 61.0. The fourth-order valence-electron chi connectivity index (χ4n) is 1.20. The van der Waals surface area contributed by atoms with Gasteiger partial charge >= 0.3 is 0 Å². The molecular formula is C8H18O2Si. The lowest BCUT2D eigenvalue weighted by Crippen LogP contribution is -2.06. The first-order valence-corrected chi connectivity index (χ1v) is 6.23. The lowest BCUT2D eigenvalue weighted by atomic mass is 10.4. The second-order valence-electron chi connectivity index (χ2n) is 2.99. The molecule has 0 amide bonds. The highest BCUT2D eigenvalue weighted by molar-refractivity contribution is 6.27. The van der Waals surface area contributed by atoms with Crippen LogP contribution in [-0.2, 0) is 9.16 Å². The van der Waals surface area contributed by atoms with Gasteiger partial charge in [0, 0.05) is 19.8 Å². The van der Waals surface area contributed by atoms with Gasteiger partial charge in [-0.1, -0.05) is 6.42 Å². The Hall–Kier alpha value is 0.137. The summed E-state index contributed by atoms with van der Waals surface area (Å²) < 4.78 is 10.2. The van der Waals surface area contributed by atoms with E-state index in [4.69, 9.17) is 9.16 Å². The quantitative estimate of drug-likeness (QED) is 0.512. The van der Waals surface area contributed by atoms with Crippen LogP contribution in [0.25, 0.3) is 0 Å². The zero-order valence-corrected chi connectivity index (χ0v) is 8.59. The molecule has 2 aliphatic heterocycles. The first-order valence-electron chi connectivity index (χ1n) is 4.65. The molecule has 0 aromatic heterocycles. The summed E-state index contributed by atoms with van der Waals surface area (Å²) in [4.78, 5) is 0. The third-order valence-corrected chi connectivity index (χ3v) is 3.27. The monoisotopic (exact) mass is 174 g/mol. The minimum atomic E-state index is 0.00849. The lowest BCUT2D eigenvalue weighted by Gasteiger charge is -2.07. The molecule has 2 fully saturated rings. The van der Waals surface area contributed by atoms with E-state index in [9.17, 15) is 0 Å². The highest BCUT2D eigenvalue weighted by Gasteiger charge is 1.96. The third-order valence-electron chi connectivity index (χ3n) is 1.90. The van der Waals surface area contributed by atoms with E-state index >= 15 is 0 Å². The standard InChI is InChI=1S/C4H10OSi.C4H8O/c1-2-4-6-5-3-1;1-2-4-5-3-1/h1-4,6H2;1-4H2. The summed E-state index contributed by atoms with van der Waals surface area (Å²) >= 11 is 0. The van der Waals surface area contributed by atoms with E-state index < -0.39 is 0 Å². The highest BCUT2D eigenvalue weighted by atomic mass is 28.2. The Balaban J connectivity index is 0.000000112. The lowest BCUT2D eigenvalue weighted by molar-refractivity contribution is 0.198. The first kappa shape index (κ1) is 9.23. The second-order valence-corrected chi connectivity index (χ2v) is 4.52. The van der Waals surface area contributed by atoms with Gasteiger partial charge in [0.1, 0.15) is 0 Å². The van der Waals surface area contributed by atoms with E-state index in [2.05, 4.69) is 0 Å². The Morgan fingerprint density at radius 1 is 0.818 bits per heavy atom. The molecule has 0 bridgehead atoms. The van der Waals surface area contributed by atoms with Gasteiger partial charge in [0.25, 0.3) is 0 Å². The van der Waals surface area contributed by atoms with Crippen LogP contribution in [0.3, 0.4) is 0 Å². The average Bonchev–Trinajstić information content (AvgIpc) is 2.64. The topological polar surface area (TPSA) is 18.5 Å². The summed E-state index contributed by atoms with van der Waals surface area (Å²) in [7, 11) is 0.00849. The van der Waals surface area contributed by atoms with Crippen LogP contribution >= 0.6 is 0 Å². The van der Waals surface area contributed by atoms with E-state index in [-0.39, 0.29) is 9.76 Å². The summed E-state index contributed by atoms with van der Waals surface area (Å²) in [6.45, 7) is 3.06. The van der Waals surface area contributed by atoms with E-state index in [1.807, 2.05) is 0 Å². The Morgan fingerprint density at radius 3 is 1.73 bits per heavy atom. The molecule has 2 heterocycles. The molecule has 2 aliphatic rings. The van der Waals surface area contributed by atoms with Crippen molar-refractivity contribution in [1.29, 1.82) is 0 Å². The van der Waals surface area contributed by atoms with Crippen LogP contribution in [0.4, 0.5) is 0 Å². The fraction of sp³-hybridized carbons (Fsp3) is 1.00. The Labute approximate surface area is 71.2 Å². The fourth-order valence-corrected chi connectivity index (χ4v) is 2.37. The van der Waals surface area contributed by atoms with Crippen molar-refractivity contribution in [3.05, 3.63) is 0 Å². The van der Waals surface area contributed by atoms with E-state index in [0.717, 1.165) is 19.8 Å². The minimum Gasteiger partial charge on any atom is -0.424 e. The first-order chi connectivity index (χ1) is 5.50. The average molecular weight is 174 g/mol. The van der Waals surface area contributed by atoms with E-state index in [1.54, 1.807) is 0 Å². The van der Waals surface area contributed by atoms with Gasteiger partial charge in [0.05, 0.1) is 0 Å². The van der Waals surface area contributed by atoms with Crippen molar-refractivity contribution in [2.75, 3.05) is 19.8 Å². The van der Waals surface area contributed by atoms with Crippen molar-refractivity contribution in [1.82, 2.24) is 0 Å². The van der Waals surface area contributed by atoms with Gasteiger partial charge in [-0.3, -0.25) is 0 Å². The Kier molecular flexibility index (Phi) is 5.72. The minimum absolute atomic E-state index is 0.00849. The molecule has 0 spiro atoms. The van der Waals surface area contributed by atoms with Gasteiger partial charge in [-0.05, 0) is 25.3 Å². The van der Waals surface area contributed by atoms with Gasteiger partial charge in [-0.15, -0.1) is 0 Å². The normalized spacial score (nSPS) is 26.2. The van der Waals surface area contributed by atoms with Gasteiger partial charge in [0.15, 0.2) is 9.76 Å². The van der Waals surface area contributed by atoms with Crippen molar-refractivity contribution in [2.45, 2.75) is 31.7 Å². The number of hydrogen-bond acceptors (Lipinski definition) is 2. The molecule has 0 unspecified atom stereocenters. The van der Waals surface area contributed by atoms with Crippen LogP contribution in [0.5, 0.6) is 0 Å². The van der Waals surface area contributed by atoms with Crippen molar-refractivity contribution in [3.8, 4) is 0 Å². The molecule has 3 heteroatoms. The van der Waals surface area contributed by atoms with E-state index in [1.165, 1.54) is 31.7 Å². The molecule has 2 rings (SSSR count). The number of rotatable bonds is 0. The smallest absolute Gasteiger partial charge is 0.161 e. The summed E-state index contributed by atoms with van der Waals surface area (Å²) in [5, 5.41) is 0. The number of hydrogen-bond donors (Lipinski definition) is 0. The SMILES string of the molecule is C1CCOC1.C1CC[SiH2]OC1. The molecule has 0 aromatic carbocycles. The van der Waals surface area contributed by atoms with Crippen molar-refractivity contribution in [2.24, 2.45) is 0 Å². The predicted octanol–water partition coefficient (Wildman–Crippen LogP) is 1.10. The maximum Gasteiger partial charge on any atom is 0.161 e. The molecule has 11 heavy (non-hydrogen) atoms. The molecule has 0 aliphatic carbocycles. The molecule has 0 radical (unpaired) electrons. The third kappa shape index (κ3) is 5.41. The van der Waals surface area contributed by atoms with Gasteiger partial charge in [-0.2, -0.15) is 0 Å². The molecule has 0 saturated carbocycles. The van der Waals surface area contributed by atoms with Gasteiger partial charge in [0.2, 0.25) is 0 Å². The zero-order valence-electron chi connectivity index (χ0n) is 7.18. The van der Waals surface area contributed by atoms with E-state index in [0.29, 0.717) is 0 Å².